The predicted molar refractivity (Wildman–Crippen MR) is 170 cm³/mol. The topological polar surface area (TPSA) is 91.1 Å². The van der Waals surface area contributed by atoms with Crippen LogP contribution in [0, 0.1) is 46.3 Å². The number of rotatable bonds is 12. The van der Waals surface area contributed by atoms with Crippen LogP contribution in [0.25, 0.3) is 0 Å². The van der Waals surface area contributed by atoms with Crippen LogP contribution < -0.4 is 11.1 Å². The van der Waals surface area contributed by atoms with Gasteiger partial charge in [-0.15, -0.1) is 0 Å². The zero-order valence-corrected chi connectivity index (χ0v) is 27.5. The largest absolute Gasteiger partial charge is 0.469 e. The smallest absolute Gasteiger partial charge is 0.305 e. The molecule has 0 amide bonds. The van der Waals surface area contributed by atoms with E-state index < -0.39 is 0 Å². The van der Waals surface area contributed by atoms with Crippen molar-refractivity contribution in [1.82, 2.24) is 15.1 Å². The van der Waals surface area contributed by atoms with E-state index >= 15 is 0 Å². The second-order valence-electron chi connectivity index (χ2n) is 15.7. The first kappa shape index (κ1) is 32.7. The zero-order valence-electron chi connectivity index (χ0n) is 27.5. The first-order valence-corrected chi connectivity index (χ1v) is 17.8. The molecule has 5 aliphatic rings. The number of aliphatic hydroxyl groups excluding tert-OH is 1. The molecule has 0 radical (unpaired) electrons. The van der Waals surface area contributed by atoms with E-state index in [-0.39, 0.29) is 17.5 Å². The predicted octanol–water partition coefficient (Wildman–Crippen LogP) is 4.52. The third-order valence-electron chi connectivity index (χ3n) is 13.7. The van der Waals surface area contributed by atoms with E-state index in [4.69, 9.17) is 10.5 Å². The molecule has 0 spiro atoms. The highest BCUT2D eigenvalue weighted by atomic mass is 16.5. The number of hydrogen-bond acceptors (Lipinski definition) is 7. The quantitative estimate of drug-likeness (QED) is 0.228. The molecule has 0 aromatic rings. The van der Waals surface area contributed by atoms with Crippen LogP contribution in [-0.4, -0.2) is 92.5 Å². The van der Waals surface area contributed by atoms with Gasteiger partial charge in [-0.3, -0.25) is 4.79 Å². The minimum Gasteiger partial charge on any atom is -0.469 e. The highest BCUT2D eigenvalue weighted by molar-refractivity contribution is 5.69. The molecule has 4 aliphatic carbocycles. The molecule has 0 aromatic heterocycles. The molecule has 7 heteroatoms. The van der Waals surface area contributed by atoms with Crippen LogP contribution in [0.4, 0.5) is 0 Å². The number of methoxy groups -OCH3 is 1. The van der Waals surface area contributed by atoms with Crippen molar-refractivity contribution >= 4 is 5.97 Å². The number of nitrogens with zero attached hydrogens (tertiary/aromatic N) is 2. The molecule has 1 heterocycles. The summed E-state index contributed by atoms with van der Waals surface area (Å²) < 4.78 is 4.93. The molecule has 42 heavy (non-hydrogen) atoms. The Labute approximate surface area is 257 Å². The number of nitrogens with two attached hydrogens (primary N) is 1. The van der Waals surface area contributed by atoms with Crippen LogP contribution in [0.1, 0.15) is 97.8 Å². The van der Waals surface area contributed by atoms with Gasteiger partial charge >= 0.3 is 5.97 Å². The summed E-state index contributed by atoms with van der Waals surface area (Å²) in [5.41, 5.74) is 6.32. The normalized spacial score (nSPS) is 41.5. The molecule has 1 aliphatic heterocycles. The van der Waals surface area contributed by atoms with Gasteiger partial charge in [0.05, 0.1) is 13.2 Å². The number of piperazine rings is 1. The molecule has 1 saturated heterocycles. The lowest BCUT2D eigenvalue weighted by atomic mass is 9.43. The molecule has 7 nitrogen and oxygen atoms in total. The fourth-order valence-electron chi connectivity index (χ4n) is 11.3. The molecular formula is C35H64N4O3. The number of nitrogens with one attached hydrogen (secondary N) is 1. The van der Waals surface area contributed by atoms with Gasteiger partial charge in [-0.05, 0) is 143 Å². The summed E-state index contributed by atoms with van der Waals surface area (Å²) in [7, 11) is 1.50. The summed E-state index contributed by atoms with van der Waals surface area (Å²) in [6, 6.07) is 0.558. The molecule has 5 fully saturated rings. The average molecular weight is 589 g/mol. The number of esters is 1. The lowest BCUT2D eigenvalue weighted by molar-refractivity contribution is -0.162. The first-order chi connectivity index (χ1) is 20.2. The maximum atomic E-state index is 11.8. The molecule has 0 bridgehead atoms. The summed E-state index contributed by atoms with van der Waals surface area (Å²) in [5.74, 6) is 3.77. The van der Waals surface area contributed by atoms with Crippen LogP contribution in [0.15, 0.2) is 0 Å². The molecule has 9 unspecified atom stereocenters. The maximum Gasteiger partial charge on any atom is 0.305 e. The van der Waals surface area contributed by atoms with Gasteiger partial charge in [0.25, 0.3) is 0 Å². The number of aliphatic hydroxyl groups is 1. The van der Waals surface area contributed by atoms with Crippen molar-refractivity contribution in [3.63, 3.8) is 0 Å². The fourth-order valence-corrected chi connectivity index (χ4v) is 11.3. The lowest BCUT2D eigenvalue weighted by Gasteiger charge is -2.62. The van der Waals surface area contributed by atoms with Crippen LogP contribution >= 0.6 is 0 Å². The van der Waals surface area contributed by atoms with Gasteiger partial charge in [0.1, 0.15) is 0 Å². The van der Waals surface area contributed by atoms with Gasteiger partial charge in [0.2, 0.25) is 0 Å². The van der Waals surface area contributed by atoms with Crippen molar-refractivity contribution in [1.29, 1.82) is 0 Å². The van der Waals surface area contributed by atoms with Gasteiger partial charge in [-0.1, -0.05) is 20.8 Å². The van der Waals surface area contributed by atoms with Crippen molar-refractivity contribution in [2.24, 2.45) is 52.1 Å². The molecule has 242 valence electrons. The summed E-state index contributed by atoms with van der Waals surface area (Å²) in [5, 5.41) is 15.6. The Morgan fingerprint density at radius 2 is 1.62 bits per heavy atom. The number of hydrogen-bond donors (Lipinski definition) is 3. The Bertz CT molecular complexity index is 880. The Hall–Kier alpha value is -0.730. The minimum absolute atomic E-state index is 0.0718. The molecular weight excluding hydrogens is 524 g/mol. The van der Waals surface area contributed by atoms with E-state index in [0.29, 0.717) is 41.5 Å². The standard InChI is InChI=1S/C35H64N4O3/c1-25(7-10-33(41)42-4)28-8-9-29-27-24-32(40)31-23-26(11-13-35(31,3)30(27)12-14-34(28,29)2)37-16-6-18-39-21-19-38(20-22-39)17-5-15-36/h25-32,37,40H,5-24,36H2,1-4H3/t25?,26?,27?,28?,29?,30?,31-,32?,34?,35?/m1/s1. The second-order valence-corrected chi connectivity index (χ2v) is 15.7. The molecule has 5 rings (SSSR count). The molecule has 4 N–H and O–H groups in total. The molecule has 0 aromatic carbocycles. The number of carbonyl (C=O) groups excluding carboxylic acids is 1. The minimum atomic E-state index is -0.158. The Balaban J connectivity index is 1.10. The summed E-state index contributed by atoms with van der Waals surface area (Å²) in [4.78, 5) is 17.0. The van der Waals surface area contributed by atoms with Crippen LogP contribution in [0.3, 0.4) is 0 Å². The van der Waals surface area contributed by atoms with Gasteiger partial charge in [0.15, 0.2) is 0 Å². The van der Waals surface area contributed by atoms with Crippen molar-refractivity contribution in [3.05, 3.63) is 0 Å². The number of ether oxygens (including phenoxy) is 1. The SMILES string of the molecule is COC(=O)CCC(C)C1CCC2C3CC(O)[C@H]4CC(NCCCN5CCN(CCCN)CC5)CCC4(C)C3CCC12C. The van der Waals surface area contributed by atoms with E-state index in [1.54, 1.807) is 0 Å². The average Bonchev–Trinajstić information content (AvgIpc) is 3.35. The Kier molecular flexibility index (Phi) is 11.0. The Morgan fingerprint density at radius 3 is 2.31 bits per heavy atom. The van der Waals surface area contributed by atoms with Gasteiger partial charge < -0.3 is 30.7 Å². The first-order valence-electron chi connectivity index (χ1n) is 17.8. The van der Waals surface area contributed by atoms with Crippen LogP contribution in [-0.2, 0) is 9.53 Å². The fraction of sp³-hybridized carbons (Fsp3) is 0.971. The summed E-state index contributed by atoms with van der Waals surface area (Å²) in [6.45, 7) is 16.5. The van der Waals surface area contributed by atoms with E-state index in [0.717, 1.165) is 57.2 Å². The summed E-state index contributed by atoms with van der Waals surface area (Å²) >= 11 is 0. The third-order valence-corrected chi connectivity index (χ3v) is 13.7. The number of carbonyl (C=O) groups is 1. The van der Waals surface area contributed by atoms with Crippen LogP contribution in [0.5, 0.6) is 0 Å². The third kappa shape index (κ3) is 6.76. The van der Waals surface area contributed by atoms with E-state index in [2.05, 4.69) is 35.9 Å². The molecule has 4 saturated carbocycles. The Morgan fingerprint density at radius 1 is 0.952 bits per heavy atom. The monoisotopic (exact) mass is 588 g/mol. The van der Waals surface area contributed by atoms with Crippen molar-refractivity contribution < 1.29 is 14.6 Å². The van der Waals surface area contributed by atoms with E-state index in [1.165, 1.54) is 84.8 Å². The van der Waals surface area contributed by atoms with Crippen molar-refractivity contribution in [2.45, 2.75) is 110 Å². The van der Waals surface area contributed by atoms with E-state index in [1.807, 2.05) is 0 Å². The van der Waals surface area contributed by atoms with Gasteiger partial charge in [0, 0.05) is 38.6 Å². The zero-order chi connectivity index (χ0) is 29.9. The lowest BCUT2D eigenvalue weighted by Crippen LogP contribution is -2.59. The van der Waals surface area contributed by atoms with Crippen molar-refractivity contribution in [2.75, 3.05) is 59.5 Å². The second kappa shape index (κ2) is 14.1. The highest BCUT2D eigenvalue weighted by Gasteiger charge is 2.62. The maximum absolute atomic E-state index is 11.8. The highest BCUT2D eigenvalue weighted by Crippen LogP contribution is 2.68. The van der Waals surface area contributed by atoms with E-state index in [9.17, 15) is 9.90 Å². The number of fused-ring (bicyclic) bond motifs is 5. The van der Waals surface area contributed by atoms with Crippen molar-refractivity contribution in [3.8, 4) is 0 Å². The van der Waals surface area contributed by atoms with Gasteiger partial charge in [-0.2, -0.15) is 0 Å². The summed E-state index contributed by atoms with van der Waals surface area (Å²) in [6.07, 6.45) is 13.6. The molecule has 10 atom stereocenters. The van der Waals surface area contributed by atoms with Crippen LogP contribution in [0.2, 0.25) is 0 Å². The van der Waals surface area contributed by atoms with Gasteiger partial charge in [-0.25, -0.2) is 0 Å².